The topological polar surface area (TPSA) is 78.9 Å². The lowest BCUT2D eigenvalue weighted by atomic mass is 9.87. The highest BCUT2D eigenvalue weighted by atomic mass is 79.9. The van der Waals surface area contributed by atoms with E-state index < -0.39 is 5.41 Å². The average Bonchev–Trinajstić information content (AvgIpc) is 2.46. The lowest BCUT2D eigenvalue weighted by Crippen LogP contribution is -2.35. The summed E-state index contributed by atoms with van der Waals surface area (Å²) in [4.78, 5) is 25.5. The molecule has 0 aliphatic carbocycles. The largest absolute Gasteiger partial charge is 0.463 e. The molecule has 0 aromatic heterocycles. The minimum Gasteiger partial charge on any atom is -0.463 e. The van der Waals surface area contributed by atoms with E-state index in [4.69, 9.17) is 9.84 Å². The summed E-state index contributed by atoms with van der Waals surface area (Å²) in [6, 6.07) is 0. The predicted octanol–water partition coefficient (Wildman–Crippen LogP) is 1.16. The van der Waals surface area contributed by atoms with E-state index in [1.54, 1.807) is 13.8 Å². The first-order valence-corrected chi connectivity index (χ1v) is 8.47. The molecule has 0 aromatic carbocycles. The number of aliphatic hydroxyl groups excluding tert-OH is 1. The predicted molar refractivity (Wildman–Crippen MR) is 90.0 cm³/mol. The molecule has 0 spiro atoms. The Morgan fingerprint density at radius 3 is 2.55 bits per heavy atom. The molecule has 0 fully saturated rings. The van der Waals surface area contributed by atoms with Crippen LogP contribution in [0.4, 0.5) is 0 Å². The van der Waals surface area contributed by atoms with Crippen molar-refractivity contribution in [3.63, 3.8) is 0 Å². The van der Waals surface area contributed by atoms with Gasteiger partial charge in [0.1, 0.15) is 6.61 Å². The molecule has 0 aromatic rings. The molecule has 0 radical (unpaired) electrons. The van der Waals surface area contributed by atoms with E-state index in [1.165, 1.54) is 0 Å². The fourth-order valence-electron chi connectivity index (χ4n) is 1.77. The number of alkyl halides is 1. The van der Waals surface area contributed by atoms with Crippen molar-refractivity contribution in [3.8, 4) is 0 Å². The molecule has 0 saturated heterocycles. The van der Waals surface area contributed by atoms with Gasteiger partial charge < -0.3 is 20.1 Å². The van der Waals surface area contributed by atoms with Gasteiger partial charge in [-0.15, -0.1) is 0 Å². The number of halogens is 1. The Balaban J connectivity index is 4.06. The first-order valence-electron chi connectivity index (χ1n) is 7.55. The van der Waals surface area contributed by atoms with Crippen LogP contribution in [0.3, 0.4) is 0 Å². The van der Waals surface area contributed by atoms with Gasteiger partial charge in [-0.3, -0.25) is 9.59 Å². The van der Waals surface area contributed by atoms with Crippen LogP contribution in [0.25, 0.3) is 0 Å². The highest BCUT2D eigenvalue weighted by molar-refractivity contribution is 9.10. The van der Waals surface area contributed by atoms with Crippen LogP contribution >= 0.6 is 15.9 Å². The maximum absolute atomic E-state index is 11.9. The van der Waals surface area contributed by atoms with Gasteiger partial charge in [0, 0.05) is 6.54 Å². The van der Waals surface area contributed by atoms with E-state index in [-0.39, 0.29) is 29.9 Å². The number of rotatable bonds is 11. The monoisotopic (exact) mass is 380 g/mol. The molecule has 1 amide bonds. The summed E-state index contributed by atoms with van der Waals surface area (Å²) in [6.07, 6.45) is 1.97. The van der Waals surface area contributed by atoms with Crippen LogP contribution in [0.2, 0.25) is 0 Å². The SMILES string of the molecule is CN(C)CCCNC(=O)C(Br)CCC(C)(C)C(=O)OCCO. The van der Waals surface area contributed by atoms with Crippen molar-refractivity contribution in [2.24, 2.45) is 5.41 Å². The van der Waals surface area contributed by atoms with Crippen LogP contribution in [0.5, 0.6) is 0 Å². The molecule has 22 heavy (non-hydrogen) atoms. The second-order valence-electron chi connectivity index (χ2n) is 6.20. The molecule has 130 valence electrons. The Hall–Kier alpha value is -0.660. The molecule has 6 nitrogen and oxygen atoms in total. The fraction of sp³-hybridized carbons (Fsp3) is 0.867. The smallest absolute Gasteiger partial charge is 0.311 e. The highest BCUT2D eigenvalue weighted by Gasteiger charge is 2.30. The average molecular weight is 381 g/mol. The minimum atomic E-state index is -0.674. The van der Waals surface area contributed by atoms with Crippen molar-refractivity contribution in [1.82, 2.24) is 10.2 Å². The van der Waals surface area contributed by atoms with Crippen LogP contribution in [0, 0.1) is 5.41 Å². The molecule has 0 aliphatic heterocycles. The minimum absolute atomic E-state index is 0.00631. The van der Waals surface area contributed by atoms with Crippen molar-refractivity contribution in [1.29, 1.82) is 0 Å². The zero-order valence-corrected chi connectivity index (χ0v) is 15.6. The Morgan fingerprint density at radius 1 is 1.36 bits per heavy atom. The van der Waals surface area contributed by atoms with Crippen molar-refractivity contribution in [3.05, 3.63) is 0 Å². The van der Waals surface area contributed by atoms with Gasteiger partial charge >= 0.3 is 5.97 Å². The number of carbonyl (C=O) groups is 2. The molecule has 7 heteroatoms. The van der Waals surface area contributed by atoms with Crippen molar-refractivity contribution in [2.45, 2.75) is 37.9 Å². The summed E-state index contributed by atoms with van der Waals surface area (Å²) in [5.41, 5.74) is -0.674. The van der Waals surface area contributed by atoms with Crippen molar-refractivity contribution >= 4 is 27.8 Å². The third-order valence-corrected chi connectivity index (χ3v) is 4.14. The van der Waals surface area contributed by atoms with E-state index in [1.807, 2.05) is 14.1 Å². The van der Waals surface area contributed by atoms with Gasteiger partial charge in [-0.1, -0.05) is 15.9 Å². The van der Waals surface area contributed by atoms with Gasteiger partial charge in [-0.25, -0.2) is 0 Å². The molecule has 2 N–H and O–H groups in total. The van der Waals surface area contributed by atoms with E-state index in [0.29, 0.717) is 19.4 Å². The van der Waals surface area contributed by atoms with Gasteiger partial charge in [0.05, 0.1) is 16.8 Å². The Morgan fingerprint density at radius 2 is 2.00 bits per heavy atom. The molecule has 1 unspecified atom stereocenters. The third kappa shape index (κ3) is 9.38. The van der Waals surface area contributed by atoms with Gasteiger partial charge in [0.15, 0.2) is 0 Å². The summed E-state index contributed by atoms with van der Waals surface area (Å²) in [5, 5.41) is 11.5. The lowest BCUT2D eigenvalue weighted by molar-refractivity contribution is -0.155. The third-order valence-electron chi connectivity index (χ3n) is 3.27. The van der Waals surface area contributed by atoms with Crippen LogP contribution < -0.4 is 5.32 Å². The molecule has 0 rings (SSSR count). The van der Waals surface area contributed by atoms with E-state index in [9.17, 15) is 9.59 Å². The number of hydrogen-bond acceptors (Lipinski definition) is 5. The quantitative estimate of drug-likeness (QED) is 0.319. The summed E-state index contributed by atoms with van der Waals surface area (Å²) in [7, 11) is 3.99. The van der Waals surface area contributed by atoms with Crippen LogP contribution in [-0.2, 0) is 14.3 Å². The zero-order chi connectivity index (χ0) is 17.2. The first kappa shape index (κ1) is 21.3. The first-order chi connectivity index (χ1) is 10.2. The summed E-state index contributed by atoms with van der Waals surface area (Å²) < 4.78 is 4.94. The number of esters is 1. The maximum Gasteiger partial charge on any atom is 0.311 e. The Bertz CT molecular complexity index is 348. The Kier molecular flexibility index (Phi) is 10.6. The van der Waals surface area contributed by atoms with Gasteiger partial charge in [-0.2, -0.15) is 0 Å². The molecule has 0 bridgehead atoms. The molecular formula is C15H29BrN2O4. The molecular weight excluding hydrogens is 352 g/mol. The number of amides is 1. The molecule has 0 saturated carbocycles. The fourth-order valence-corrected chi connectivity index (χ4v) is 2.16. The van der Waals surface area contributed by atoms with Crippen LogP contribution in [-0.4, -0.2) is 67.1 Å². The maximum atomic E-state index is 11.9. The normalized spacial score (nSPS) is 13.0. The number of hydrogen-bond donors (Lipinski definition) is 2. The van der Waals surface area contributed by atoms with Crippen LogP contribution in [0.15, 0.2) is 0 Å². The zero-order valence-electron chi connectivity index (χ0n) is 14.0. The second kappa shape index (κ2) is 11.0. The van der Waals surface area contributed by atoms with Crippen molar-refractivity contribution < 1.29 is 19.4 Å². The summed E-state index contributed by atoms with van der Waals surface area (Å²) in [5.74, 6) is -0.411. The van der Waals surface area contributed by atoms with Crippen LogP contribution in [0.1, 0.15) is 33.1 Å². The highest BCUT2D eigenvalue weighted by Crippen LogP contribution is 2.26. The molecule has 1 atom stereocenters. The summed E-state index contributed by atoms with van der Waals surface area (Å²) >= 11 is 3.36. The lowest BCUT2D eigenvalue weighted by Gasteiger charge is -2.23. The number of nitrogens with one attached hydrogen (secondary N) is 1. The summed E-state index contributed by atoms with van der Waals surface area (Å²) in [6.45, 7) is 4.95. The molecule has 0 heterocycles. The van der Waals surface area contributed by atoms with Crippen molar-refractivity contribution in [2.75, 3.05) is 40.4 Å². The van der Waals surface area contributed by atoms with E-state index in [2.05, 4.69) is 26.1 Å². The number of aliphatic hydroxyl groups is 1. The second-order valence-corrected chi connectivity index (χ2v) is 7.30. The number of carbonyl (C=O) groups excluding carboxylic acids is 2. The Labute approximate surface area is 141 Å². The standard InChI is InChI=1S/C15H29BrN2O4/c1-15(2,14(21)22-11-10-19)7-6-12(16)13(20)17-8-5-9-18(3)4/h12,19H,5-11H2,1-4H3,(H,17,20). The number of ether oxygens (including phenoxy) is 1. The van der Waals surface area contributed by atoms with Gasteiger partial charge in [-0.05, 0) is 53.8 Å². The number of nitrogens with zero attached hydrogens (tertiary/aromatic N) is 1. The van der Waals surface area contributed by atoms with E-state index in [0.717, 1.165) is 13.0 Å². The van der Waals surface area contributed by atoms with Gasteiger partial charge in [0.25, 0.3) is 0 Å². The van der Waals surface area contributed by atoms with Gasteiger partial charge in [0.2, 0.25) is 5.91 Å². The van der Waals surface area contributed by atoms with E-state index >= 15 is 0 Å². The molecule has 0 aliphatic rings.